The summed E-state index contributed by atoms with van der Waals surface area (Å²) < 4.78 is 1.26. The van der Waals surface area contributed by atoms with Crippen LogP contribution in [0.4, 0.5) is 0 Å². The Morgan fingerprint density at radius 3 is 1.97 bits per heavy atom. The summed E-state index contributed by atoms with van der Waals surface area (Å²) in [5, 5.41) is 31.1. The standard InChI is InChI=1S/C13H10Cl2O2.C7H6O2S.C2H5.Hg.Na/c14-10-1-3-12(16)8(6-10)5-9-7-11(15)2-4-13(9)17;8-7(9)5-3-1-2-4-6(5)10;1-2;;/h1-4,6-7,16-17H,5H2;1-4,10H,(H,8,9);1H2,2H3;;/q;;;2*+1/p-2. The van der Waals surface area contributed by atoms with Crippen molar-refractivity contribution in [2.45, 2.75) is 22.2 Å². The molecule has 0 aliphatic carbocycles. The van der Waals surface area contributed by atoms with Crippen molar-refractivity contribution >= 4 is 37.4 Å². The summed E-state index contributed by atoms with van der Waals surface area (Å²) in [6.07, 6.45) is 0.374. The maximum absolute atomic E-state index is 10.7. The second-order valence-electron chi connectivity index (χ2n) is 6.35. The Balaban J connectivity index is 0.000000311. The molecule has 3 aromatic rings. The van der Waals surface area contributed by atoms with Crippen LogP contribution < -0.4 is 34.7 Å². The number of halogens is 2. The van der Waals surface area contributed by atoms with Gasteiger partial charge >= 0.3 is 122 Å². The molecular weight excluding hydrogens is 655 g/mol. The molecule has 0 bridgehead atoms. The molecule has 9 heteroatoms. The molecule has 0 amide bonds. The van der Waals surface area contributed by atoms with Gasteiger partial charge in [0.05, 0.1) is 0 Å². The Kier molecular flexibility index (Phi) is 13.6. The number of aromatic hydroxyl groups is 2. The van der Waals surface area contributed by atoms with Crippen LogP contribution in [-0.2, 0) is 29.5 Å². The number of benzene rings is 3. The first-order valence-corrected chi connectivity index (χ1v) is 21.6. The molecule has 0 saturated carbocycles. The fraction of sp³-hybridized carbons (Fsp3) is 0.136. The molecule has 0 atom stereocenters. The minimum atomic E-state index is -1.06. The largest absolute Gasteiger partial charge is 1.00 e. The van der Waals surface area contributed by atoms with Gasteiger partial charge in [-0.1, -0.05) is 23.2 Å². The van der Waals surface area contributed by atoms with Crippen LogP contribution in [0.1, 0.15) is 28.4 Å². The van der Waals surface area contributed by atoms with Gasteiger partial charge in [-0.2, -0.15) is 0 Å². The van der Waals surface area contributed by atoms with Gasteiger partial charge in [0, 0.05) is 16.5 Å². The van der Waals surface area contributed by atoms with Crippen molar-refractivity contribution in [1.29, 1.82) is 0 Å². The molecule has 0 fully saturated rings. The Hall–Kier alpha value is -0.405. The van der Waals surface area contributed by atoms with E-state index in [1.807, 2.05) is 12.1 Å². The Morgan fingerprint density at radius 2 is 1.48 bits per heavy atom. The van der Waals surface area contributed by atoms with Crippen LogP contribution in [0.3, 0.4) is 0 Å². The molecule has 2 N–H and O–H groups in total. The van der Waals surface area contributed by atoms with E-state index in [1.165, 1.54) is 16.1 Å². The van der Waals surface area contributed by atoms with Crippen LogP contribution in [0.2, 0.25) is 14.0 Å². The van der Waals surface area contributed by atoms with E-state index in [0.717, 1.165) is 4.90 Å². The minimum Gasteiger partial charge on any atom is -0.508 e. The average Bonchev–Trinajstić information content (AvgIpc) is 2.72. The van der Waals surface area contributed by atoms with Gasteiger partial charge < -0.3 is 10.2 Å². The first-order chi connectivity index (χ1) is 14.3. The quantitative estimate of drug-likeness (QED) is 0.394. The molecule has 3 aromatic carbocycles. The Morgan fingerprint density at radius 1 is 0.968 bits per heavy atom. The number of carboxylic acid groups (broad SMARTS) is 1. The third kappa shape index (κ3) is 9.54. The molecular formula is C22H19Cl2HgNaO4S. The monoisotopic (exact) mass is 674 g/mol. The molecule has 3 rings (SSSR count). The summed E-state index contributed by atoms with van der Waals surface area (Å²) in [5.41, 5.74) is 1.64. The number of carbonyl (C=O) groups is 1. The van der Waals surface area contributed by atoms with E-state index in [0.29, 0.717) is 33.2 Å². The molecule has 0 aromatic heterocycles. The zero-order chi connectivity index (χ0) is 22.1. The molecule has 0 radical (unpaired) electrons. The number of rotatable bonds is 6. The summed E-state index contributed by atoms with van der Waals surface area (Å²) in [5.74, 6) is -0.768. The fourth-order valence-corrected chi connectivity index (χ4v) is 11.7. The maximum Gasteiger partial charge on any atom is 1.00 e. The predicted molar refractivity (Wildman–Crippen MR) is 116 cm³/mol. The summed E-state index contributed by atoms with van der Waals surface area (Å²) in [4.78, 5) is 11.6. The van der Waals surface area contributed by atoms with Crippen LogP contribution in [0.15, 0.2) is 65.6 Å². The normalized spacial score (nSPS) is 9.65. The van der Waals surface area contributed by atoms with Gasteiger partial charge in [0.2, 0.25) is 0 Å². The molecule has 4 nitrogen and oxygen atoms in total. The molecule has 31 heavy (non-hydrogen) atoms. The van der Waals surface area contributed by atoms with Gasteiger partial charge in [-0.3, -0.25) is 0 Å². The molecule has 0 unspecified atom stereocenters. The number of carbonyl (C=O) groups excluding carboxylic acids is 1. The van der Waals surface area contributed by atoms with Gasteiger partial charge in [0.1, 0.15) is 11.5 Å². The number of aromatic carboxylic acids is 1. The van der Waals surface area contributed by atoms with Crippen LogP contribution >= 0.6 is 31.4 Å². The van der Waals surface area contributed by atoms with E-state index < -0.39 is 29.0 Å². The number of hydrogen-bond donors (Lipinski definition) is 2. The Bertz CT molecular complexity index is 971. The summed E-state index contributed by atoms with van der Waals surface area (Å²) in [6.45, 7) is 2.16. The zero-order valence-electron chi connectivity index (χ0n) is 17.3. The SMILES string of the molecule is C[CH2][Hg][S]c1ccccc1C(=O)[O-].Oc1ccc(Cl)cc1Cc1cc(Cl)ccc1O.[Na+]. The Labute approximate surface area is 228 Å². The summed E-state index contributed by atoms with van der Waals surface area (Å²) >= 11 is 10.8. The van der Waals surface area contributed by atoms with Crippen LogP contribution in [0, 0.1) is 0 Å². The maximum atomic E-state index is 10.7. The smallest absolute Gasteiger partial charge is 0.508 e. The predicted octanol–water partition coefficient (Wildman–Crippen LogP) is 2.58. The molecule has 0 heterocycles. The van der Waals surface area contributed by atoms with Gasteiger partial charge in [0.15, 0.2) is 0 Å². The zero-order valence-corrected chi connectivity index (χ0v) is 27.1. The van der Waals surface area contributed by atoms with E-state index in [-0.39, 0.29) is 41.1 Å². The van der Waals surface area contributed by atoms with Gasteiger partial charge in [-0.25, -0.2) is 0 Å². The van der Waals surface area contributed by atoms with Crippen molar-refractivity contribution in [3.05, 3.63) is 87.4 Å². The molecule has 0 aliphatic heterocycles. The summed E-state index contributed by atoms with van der Waals surface area (Å²) in [6, 6.07) is 16.7. The number of carboxylic acids is 1. The van der Waals surface area contributed by atoms with E-state index in [1.54, 1.807) is 44.6 Å². The van der Waals surface area contributed by atoms with Crippen molar-refractivity contribution in [3.8, 4) is 11.5 Å². The van der Waals surface area contributed by atoms with Crippen molar-refractivity contribution in [2.75, 3.05) is 0 Å². The van der Waals surface area contributed by atoms with E-state index in [9.17, 15) is 20.1 Å². The van der Waals surface area contributed by atoms with Crippen molar-refractivity contribution in [2.24, 2.45) is 0 Å². The van der Waals surface area contributed by atoms with Crippen molar-refractivity contribution < 1.29 is 72.7 Å². The molecule has 0 saturated heterocycles. The van der Waals surface area contributed by atoms with Crippen LogP contribution in [0.25, 0.3) is 0 Å². The van der Waals surface area contributed by atoms with Crippen molar-refractivity contribution in [1.82, 2.24) is 0 Å². The summed E-state index contributed by atoms with van der Waals surface area (Å²) in [7, 11) is 1.78. The van der Waals surface area contributed by atoms with Gasteiger partial charge in [-0.05, 0) is 47.5 Å². The van der Waals surface area contributed by atoms with Crippen LogP contribution in [0.5, 0.6) is 11.5 Å². The molecule has 154 valence electrons. The molecule has 0 spiro atoms. The van der Waals surface area contributed by atoms with E-state index >= 15 is 0 Å². The first kappa shape index (κ1) is 28.6. The third-order valence-electron chi connectivity index (χ3n) is 4.03. The second kappa shape index (κ2) is 14.7. The number of hydrogen-bond acceptors (Lipinski definition) is 5. The fourth-order valence-electron chi connectivity index (χ4n) is 2.57. The van der Waals surface area contributed by atoms with E-state index in [4.69, 9.17) is 23.2 Å². The first-order valence-electron chi connectivity index (χ1n) is 9.19. The van der Waals surface area contributed by atoms with Gasteiger partial charge in [-0.15, -0.1) is 0 Å². The number of phenols is 2. The van der Waals surface area contributed by atoms with Crippen molar-refractivity contribution in [3.63, 3.8) is 0 Å². The van der Waals surface area contributed by atoms with E-state index in [2.05, 4.69) is 6.92 Å². The third-order valence-corrected chi connectivity index (χ3v) is 16.6. The topological polar surface area (TPSA) is 80.6 Å². The minimum absolute atomic E-state index is 0. The average molecular weight is 674 g/mol. The second-order valence-corrected chi connectivity index (χ2v) is 20.4. The van der Waals surface area contributed by atoms with Gasteiger partial charge in [0.25, 0.3) is 0 Å². The molecule has 0 aliphatic rings. The van der Waals surface area contributed by atoms with Crippen LogP contribution in [-0.4, -0.2) is 16.2 Å². The number of phenolic OH excluding ortho intramolecular Hbond substituents is 2.